The fraction of sp³-hybridized carbons (Fsp3) is 0.250. The molecule has 2 rings (SSSR count). The second-order valence-corrected chi connectivity index (χ2v) is 5.48. The van der Waals surface area contributed by atoms with E-state index in [1.54, 1.807) is 11.3 Å². The maximum atomic E-state index is 4.37. The first-order chi connectivity index (χ1) is 7.69. The minimum atomic E-state index is 0.932. The maximum absolute atomic E-state index is 4.37. The Morgan fingerprint density at radius 3 is 2.88 bits per heavy atom. The van der Waals surface area contributed by atoms with Crippen molar-refractivity contribution in [1.29, 1.82) is 0 Å². The third-order valence-electron chi connectivity index (χ3n) is 2.31. The van der Waals surface area contributed by atoms with E-state index in [0.717, 1.165) is 16.2 Å². The lowest BCUT2D eigenvalue weighted by atomic mass is 10.1. The van der Waals surface area contributed by atoms with Crippen molar-refractivity contribution in [2.45, 2.75) is 13.3 Å². The minimum absolute atomic E-state index is 0.932. The molecule has 0 fully saturated rings. The highest BCUT2D eigenvalue weighted by Crippen LogP contribution is 2.29. The summed E-state index contributed by atoms with van der Waals surface area (Å²) in [6.07, 6.45) is 0.932. The molecule has 84 valence electrons. The summed E-state index contributed by atoms with van der Waals surface area (Å²) in [6.45, 7) is 2.12. The smallest absolute Gasteiger partial charge is 0.183 e. The Bertz CT molecular complexity index is 494. The molecule has 0 radical (unpaired) electrons. The van der Waals surface area contributed by atoms with Crippen LogP contribution >= 0.6 is 27.3 Å². The number of thiazole rings is 1. The lowest BCUT2D eigenvalue weighted by molar-refractivity contribution is 1.18. The minimum Gasteiger partial charge on any atom is -0.365 e. The third-order valence-corrected chi connectivity index (χ3v) is 4.30. The largest absolute Gasteiger partial charge is 0.365 e. The van der Waals surface area contributed by atoms with E-state index >= 15 is 0 Å². The van der Waals surface area contributed by atoms with Gasteiger partial charge in [-0.3, -0.25) is 0 Å². The molecule has 0 saturated heterocycles. The monoisotopic (exact) mass is 296 g/mol. The molecule has 0 saturated carbocycles. The van der Waals surface area contributed by atoms with Gasteiger partial charge in [0.2, 0.25) is 0 Å². The molecule has 2 aromatic rings. The van der Waals surface area contributed by atoms with Gasteiger partial charge in [0.1, 0.15) is 4.60 Å². The van der Waals surface area contributed by atoms with Crippen LogP contribution in [0.2, 0.25) is 0 Å². The first kappa shape index (κ1) is 11.6. The summed E-state index contributed by atoms with van der Waals surface area (Å²) in [5, 5.41) is 4.02. The fourth-order valence-electron chi connectivity index (χ4n) is 1.56. The maximum Gasteiger partial charge on any atom is 0.183 e. The molecule has 2 nitrogen and oxygen atoms in total. The van der Waals surface area contributed by atoms with Gasteiger partial charge in [0.05, 0.1) is 0 Å². The van der Waals surface area contributed by atoms with E-state index in [1.807, 2.05) is 7.05 Å². The topological polar surface area (TPSA) is 24.9 Å². The third kappa shape index (κ3) is 2.62. The number of nitrogens with one attached hydrogen (secondary N) is 1. The molecule has 0 aliphatic heterocycles. The molecule has 4 heteroatoms. The molecule has 0 atom stereocenters. The average molecular weight is 297 g/mol. The van der Waals surface area contributed by atoms with Crippen molar-refractivity contribution in [1.82, 2.24) is 4.98 Å². The number of benzene rings is 1. The van der Waals surface area contributed by atoms with Gasteiger partial charge in [-0.2, -0.15) is 0 Å². The average Bonchev–Trinajstić information content (AvgIpc) is 2.60. The summed E-state index contributed by atoms with van der Waals surface area (Å²) < 4.78 is 0.948. The van der Waals surface area contributed by atoms with Crippen molar-refractivity contribution in [3.05, 3.63) is 44.9 Å². The number of anilines is 1. The predicted octanol–water partition coefficient (Wildman–Crippen LogP) is 3.85. The molecule has 16 heavy (non-hydrogen) atoms. The summed E-state index contributed by atoms with van der Waals surface area (Å²) in [7, 11) is 1.89. The van der Waals surface area contributed by atoms with Gasteiger partial charge in [-0.25, -0.2) is 4.98 Å². The van der Waals surface area contributed by atoms with Crippen LogP contribution in [0.1, 0.15) is 16.0 Å². The van der Waals surface area contributed by atoms with Crippen molar-refractivity contribution >= 4 is 32.4 Å². The zero-order chi connectivity index (χ0) is 11.5. The molecule has 0 bridgehead atoms. The van der Waals surface area contributed by atoms with Crippen LogP contribution < -0.4 is 5.32 Å². The van der Waals surface area contributed by atoms with Crippen molar-refractivity contribution in [3.63, 3.8) is 0 Å². The summed E-state index contributed by atoms with van der Waals surface area (Å²) in [4.78, 5) is 5.63. The van der Waals surface area contributed by atoms with Gasteiger partial charge in [0.15, 0.2) is 5.13 Å². The summed E-state index contributed by atoms with van der Waals surface area (Å²) in [5.74, 6) is 0. The lowest BCUT2D eigenvalue weighted by Crippen LogP contribution is -1.86. The van der Waals surface area contributed by atoms with Crippen molar-refractivity contribution in [2.75, 3.05) is 12.4 Å². The number of aromatic nitrogens is 1. The normalized spacial score (nSPS) is 10.4. The van der Waals surface area contributed by atoms with E-state index in [0.29, 0.717) is 0 Å². The molecule has 1 aromatic heterocycles. The van der Waals surface area contributed by atoms with E-state index in [-0.39, 0.29) is 0 Å². The van der Waals surface area contributed by atoms with Crippen LogP contribution in [0.3, 0.4) is 0 Å². The molecular weight excluding hydrogens is 284 g/mol. The second kappa shape index (κ2) is 4.97. The summed E-state index contributed by atoms with van der Waals surface area (Å²) in [5.41, 5.74) is 2.62. The Morgan fingerprint density at radius 1 is 1.44 bits per heavy atom. The van der Waals surface area contributed by atoms with Gasteiger partial charge in [-0.15, -0.1) is 11.3 Å². The Hall–Kier alpha value is -0.870. The Kier molecular flexibility index (Phi) is 3.61. The van der Waals surface area contributed by atoms with Crippen LogP contribution in [-0.2, 0) is 6.42 Å². The summed E-state index contributed by atoms with van der Waals surface area (Å²) in [6, 6.07) is 8.58. The van der Waals surface area contributed by atoms with Gasteiger partial charge >= 0.3 is 0 Å². The zero-order valence-corrected chi connectivity index (χ0v) is 11.7. The molecular formula is C12H13BrN2S. The van der Waals surface area contributed by atoms with E-state index in [1.165, 1.54) is 16.0 Å². The van der Waals surface area contributed by atoms with Crippen LogP contribution in [0, 0.1) is 6.92 Å². The second-order valence-electron chi connectivity index (χ2n) is 3.65. The number of aryl methyl sites for hydroxylation is 1. The first-order valence-electron chi connectivity index (χ1n) is 5.07. The highest BCUT2D eigenvalue weighted by atomic mass is 79.9. The molecule has 1 N–H and O–H groups in total. The predicted molar refractivity (Wildman–Crippen MR) is 73.3 cm³/mol. The molecule has 0 unspecified atom stereocenters. The quantitative estimate of drug-likeness (QED) is 0.931. The Balaban J connectivity index is 2.23. The van der Waals surface area contributed by atoms with Gasteiger partial charge in [0.25, 0.3) is 0 Å². The first-order valence-corrected chi connectivity index (χ1v) is 6.68. The van der Waals surface area contributed by atoms with E-state index < -0.39 is 0 Å². The number of nitrogens with zero attached hydrogens (tertiary/aromatic N) is 1. The van der Waals surface area contributed by atoms with E-state index in [4.69, 9.17) is 0 Å². The number of hydrogen-bond donors (Lipinski definition) is 1. The molecule has 0 amide bonds. The van der Waals surface area contributed by atoms with Gasteiger partial charge in [0, 0.05) is 18.3 Å². The van der Waals surface area contributed by atoms with Crippen LogP contribution in [0.4, 0.5) is 5.13 Å². The zero-order valence-electron chi connectivity index (χ0n) is 9.25. The highest BCUT2D eigenvalue weighted by molar-refractivity contribution is 9.10. The fourth-order valence-corrected chi connectivity index (χ4v) is 3.08. The lowest BCUT2D eigenvalue weighted by Gasteiger charge is -2.00. The number of rotatable bonds is 3. The van der Waals surface area contributed by atoms with Gasteiger partial charge < -0.3 is 5.32 Å². The summed E-state index contributed by atoms with van der Waals surface area (Å²) >= 11 is 5.18. The van der Waals surface area contributed by atoms with Gasteiger partial charge in [-0.05, 0) is 28.4 Å². The molecule has 1 heterocycles. The Labute approximate surface area is 108 Å². The SMILES string of the molecule is CNc1nc(Br)c(Cc2cccc(C)c2)s1. The number of hydrogen-bond acceptors (Lipinski definition) is 3. The standard InChI is InChI=1S/C12H13BrN2S/c1-8-4-3-5-9(6-8)7-10-11(13)15-12(14-2)16-10/h3-6H,7H2,1-2H3,(H,14,15). The van der Waals surface area contributed by atoms with Crippen molar-refractivity contribution in [2.24, 2.45) is 0 Å². The highest BCUT2D eigenvalue weighted by Gasteiger charge is 2.08. The molecule has 0 spiro atoms. The Morgan fingerprint density at radius 2 is 2.25 bits per heavy atom. The van der Waals surface area contributed by atoms with Crippen molar-refractivity contribution < 1.29 is 0 Å². The molecule has 0 aliphatic carbocycles. The van der Waals surface area contributed by atoms with Crippen LogP contribution in [0.15, 0.2) is 28.9 Å². The van der Waals surface area contributed by atoms with Crippen LogP contribution in [0.25, 0.3) is 0 Å². The van der Waals surface area contributed by atoms with Gasteiger partial charge in [-0.1, -0.05) is 29.8 Å². The van der Waals surface area contributed by atoms with Crippen LogP contribution in [0.5, 0.6) is 0 Å². The van der Waals surface area contributed by atoms with E-state index in [9.17, 15) is 0 Å². The van der Waals surface area contributed by atoms with E-state index in [2.05, 4.69) is 57.4 Å². The van der Waals surface area contributed by atoms with Crippen LogP contribution in [-0.4, -0.2) is 12.0 Å². The van der Waals surface area contributed by atoms with Crippen molar-refractivity contribution in [3.8, 4) is 0 Å². The molecule has 1 aromatic carbocycles. The number of halogens is 1. The molecule has 0 aliphatic rings.